The summed E-state index contributed by atoms with van der Waals surface area (Å²) in [5.74, 6) is 5.66. The first-order valence-corrected chi connectivity index (χ1v) is 50.0. The van der Waals surface area contributed by atoms with E-state index in [1.807, 2.05) is 55.4 Å². The van der Waals surface area contributed by atoms with E-state index in [1.54, 1.807) is 6.92 Å². The molecule has 16 aliphatic rings. The number of amidine groups is 4. The van der Waals surface area contributed by atoms with Crippen molar-refractivity contribution in [2.45, 2.75) is 242 Å². The predicted molar refractivity (Wildman–Crippen MR) is 528 cm³/mol. The van der Waals surface area contributed by atoms with Crippen molar-refractivity contribution in [2.24, 2.45) is 64.6 Å². The zero-order valence-corrected chi connectivity index (χ0v) is 77.8. The second-order valence-electron chi connectivity index (χ2n) is 41.6. The first-order valence-electron chi connectivity index (χ1n) is 50.0. The Labute approximate surface area is 790 Å². The Morgan fingerprint density at radius 1 is 0.348 bits per heavy atom. The number of alkyl halides is 1. The van der Waals surface area contributed by atoms with E-state index >= 15 is 0 Å². The number of benzene rings is 4. The highest BCUT2D eigenvalue weighted by molar-refractivity contribution is 6.13. The highest BCUT2D eigenvalue weighted by Crippen LogP contribution is 2.59. The second kappa shape index (κ2) is 34.6. The molecule has 2 saturated carbocycles. The van der Waals surface area contributed by atoms with E-state index in [9.17, 15) is 4.39 Å². The van der Waals surface area contributed by atoms with Crippen LogP contribution in [0.25, 0.3) is 5.57 Å². The third-order valence-corrected chi connectivity index (χ3v) is 34.0. The largest absolute Gasteiger partial charge is 0.355 e. The molecule has 135 heavy (non-hydrogen) atoms. The van der Waals surface area contributed by atoms with Gasteiger partial charge in [0.15, 0.2) is 23.3 Å². The molecule has 0 bridgehead atoms. The molecule has 4 aromatic carbocycles. The minimum absolute atomic E-state index is 0.116. The normalized spacial score (nSPS) is 26.2. The van der Waals surface area contributed by atoms with E-state index in [-0.39, 0.29) is 45.8 Å². The maximum atomic E-state index is 14.3. The Morgan fingerprint density at radius 2 is 0.726 bits per heavy atom. The number of rotatable bonds is 4. The monoisotopic (exact) mass is 1800 g/mol. The molecule has 27 rings (SSSR count). The molecule has 8 N–H and O–H groups in total. The van der Waals surface area contributed by atoms with Crippen molar-refractivity contribution in [1.29, 1.82) is 0 Å². The summed E-state index contributed by atoms with van der Waals surface area (Å²) in [4.78, 5) is 84.5. The number of aryl methyl sites for hydroxylation is 4. The number of pyridine rings is 3. The maximum absolute atomic E-state index is 14.3. The molecule has 16 heterocycles. The Balaban J connectivity index is 0.0000000986. The standard InChI is InChI=1S/2C28H30N6.C28H28N6.C26H33FN6/c3*29-26-20-6-2-1-5-19(20)15-28(26)11-9-18(10-12-28)22-16-31-25-23(33-22)17-32-27(25)34-14-4-7-21-24(34)8-3-13-30-21;1-17-23(31-20-16-29-24(21(20)30-17)33-11-7-25(2,27)8-12-33)32-13-9-26(10-14-32)15-18-5-3-4-6-19(18)22(26)28/h2*1-3,5-6,8,13,16,18,26H,4,7,9-12,14-15,17,29H2;1-3,5-6,8-9,13,16,26H,4,7,10-12,14-15,17,29H2;3-6,22H,7-16,28H2,1-2H3/t2*18?,26-,28?;26-,28-;22-/m1111/s1. The minimum Gasteiger partial charge on any atom is -0.355 e. The number of nitrogens with zero attached hydrogens (tertiary/aromatic N) is 20. The summed E-state index contributed by atoms with van der Waals surface area (Å²) >= 11 is 0. The molecule has 688 valence electrons. The van der Waals surface area contributed by atoms with E-state index in [2.05, 4.69) is 168 Å². The Kier molecular flexibility index (Phi) is 22.0. The number of likely N-dealkylation sites (tertiary alicyclic amines) is 1. The van der Waals surface area contributed by atoms with Gasteiger partial charge in [-0.15, -0.1) is 0 Å². The van der Waals surface area contributed by atoms with Gasteiger partial charge in [0.1, 0.15) is 34.3 Å². The van der Waals surface area contributed by atoms with E-state index in [0.29, 0.717) is 63.9 Å². The first-order chi connectivity index (χ1) is 66.0. The van der Waals surface area contributed by atoms with Crippen molar-refractivity contribution >= 4 is 51.8 Å². The summed E-state index contributed by atoms with van der Waals surface area (Å²) in [6, 6.07) is 47.9. The summed E-state index contributed by atoms with van der Waals surface area (Å²) in [6.45, 7) is 12.3. The first kappa shape index (κ1) is 85.7. The van der Waals surface area contributed by atoms with Gasteiger partial charge in [-0.2, -0.15) is 0 Å². The fourth-order valence-corrected chi connectivity index (χ4v) is 26.2. The topological polar surface area (TPSA) is 312 Å². The number of hydrogen-bond acceptors (Lipinski definition) is 24. The molecular formula is C110H121FN24. The minimum atomic E-state index is -1.07. The summed E-state index contributed by atoms with van der Waals surface area (Å²) < 4.78 is 14.3. The number of halogens is 1. The SMILES string of the molecule is Cc1nc2c(nc1N1CCC3(CC1)Cc1ccccc1[C@H]3N)CN=C2N1CCC(C)(F)CC1.N[C@@H]1c2ccccc2CC12CCC(c1cnc3c(n1)CN=C3N1CCCc3ncccc31)CC2.N[C@@H]1c2ccccc2CC12CCC(c1cnc3c(n1)CN=C3N1CCCc3ncccc31)CC2.N[C@@H]1c2ccccc2C[C@]12CC=C(c1cnc3c(n1)CN=C3N1CCCc3ncccc31)CC2. The average molecular weight is 1800 g/mol. The number of fused-ring (bicyclic) bond motifs is 11. The lowest BCUT2D eigenvalue weighted by atomic mass is 9.66. The summed E-state index contributed by atoms with van der Waals surface area (Å²) in [6.07, 6.45) is 40.1. The van der Waals surface area contributed by atoms with Crippen LogP contribution in [0.1, 0.15) is 288 Å². The lowest BCUT2D eigenvalue weighted by Gasteiger charge is -2.43. The smallest absolute Gasteiger partial charge is 0.156 e. The Hall–Kier alpha value is -12.2. The molecule has 0 amide bonds. The lowest BCUT2D eigenvalue weighted by Crippen LogP contribution is -2.45. The summed E-state index contributed by atoms with van der Waals surface area (Å²) in [5.41, 5.74) is 58.0. The van der Waals surface area contributed by atoms with Crippen LogP contribution in [0.5, 0.6) is 0 Å². The van der Waals surface area contributed by atoms with Crippen LogP contribution in [0.15, 0.2) is 197 Å². The van der Waals surface area contributed by atoms with Crippen LogP contribution in [0.4, 0.5) is 27.3 Å². The second-order valence-corrected chi connectivity index (χ2v) is 41.6. The van der Waals surface area contributed by atoms with Gasteiger partial charge in [0.2, 0.25) is 0 Å². The zero-order chi connectivity index (χ0) is 90.9. The van der Waals surface area contributed by atoms with Crippen molar-refractivity contribution in [3.05, 3.63) is 307 Å². The van der Waals surface area contributed by atoms with Crippen molar-refractivity contribution in [2.75, 3.05) is 65.4 Å². The van der Waals surface area contributed by atoms with Crippen molar-refractivity contribution < 1.29 is 4.39 Å². The summed E-state index contributed by atoms with van der Waals surface area (Å²) in [5, 5.41) is 0. The van der Waals surface area contributed by atoms with Gasteiger partial charge >= 0.3 is 0 Å². The van der Waals surface area contributed by atoms with Crippen LogP contribution in [0, 0.1) is 28.6 Å². The van der Waals surface area contributed by atoms with Gasteiger partial charge in [0.05, 0.1) is 112 Å². The fourth-order valence-electron chi connectivity index (χ4n) is 26.2. The summed E-state index contributed by atoms with van der Waals surface area (Å²) in [7, 11) is 0. The molecule has 25 heteroatoms. The van der Waals surface area contributed by atoms with Crippen molar-refractivity contribution in [3.63, 3.8) is 0 Å². The molecule has 4 fully saturated rings. The van der Waals surface area contributed by atoms with Gasteiger partial charge in [0.25, 0.3) is 0 Å². The number of hydrogen-bond donors (Lipinski definition) is 4. The van der Waals surface area contributed by atoms with E-state index in [4.69, 9.17) is 82.8 Å². The molecule has 4 spiro atoms. The average Bonchev–Trinajstić information content (AvgIpc) is 1.59. The third kappa shape index (κ3) is 15.3. The number of anilines is 4. The third-order valence-electron chi connectivity index (χ3n) is 34.0. The molecule has 2 saturated heterocycles. The van der Waals surface area contributed by atoms with Crippen LogP contribution < -0.4 is 42.5 Å². The van der Waals surface area contributed by atoms with Crippen LogP contribution in [0.3, 0.4) is 0 Å². The van der Waals surface area contributed by atoms with Gasteiger partial charge in [-0.3, -0.25) is 44.9 Å². The van der Waals surface area contributed by atoms with Crippen molar-refractivity contribution in [1.82, 2.24) is 59.7 Å². The van der Waals surface area contributed by atoms with E-state index in [1.165, 1.54) is 50.1 Å². The van der Waals surface area contributed by atoms with Gasteiger partial charge in [-0.05, 0) is 283 Å². The van der Waals surface area contributed by atoms with E-state index in [0.717, 1.165) is 312 Å². The van der Waals surface area contributed by atoms with Gasteiger partial charge in [-0.25, -0.2) is 34.3 Å². The molecular weight excluding hydrogens is 1680 g/mol. The fraction of sp³-hybridized carbons (Fsp3) is 0.445. The molecule has 7 aromatic heterocycles. The molecule has 7 aliphatic carbocycles. The molecule has 0 radical (unpaired) electrons. The zero-order valence-electron chi connectivity index (χ0n) is 77.8. The van der Waals surface area contributed by atoms with Gasteiger partial charge in [-0.1, -0.05) is 103 Å². The Bertz CT molecular complexity index is 6420. The van der Waals surface area contributed by atoms with Gasteiger partial charge < -0.3 is 47.4 Å². The molecule has 11 aromatic rings. The van der Waals surface area contributed by atoms with Crippen LogP contribution in [0.2, 0.25) is 0 Å². The maximum Gasteiger partial charge on any atom is 0.156 e. The van der Waals surface area contributed by atoms with E-state index < -0.39 is 5.67 Å². The lowest BCUT2D eigenvalue weighted by molar-refractivity contribution is 0.104. The quantitative estimate of drug-likeness (QED) is 0.127. The Morgan fingerprint density at radius 3 is 1.15 bits per heavy atom. The number of nitrogens with two attached hydrogens (primary N) is 4. The van der Waals surface area contributed by atoms with Crippen LogP contribution in [-0.4, -0.2) is 135 Å². The van der Waals surface area contributed by atoms with Crippen LogP contribution >= 0.6 is 0 Å². The number of aliphatic imine (C=N–C) groups is 4. The number of allylic oxidation sites excluding steroid dienone is 2. The van der Waals surface area contributed by atoms with Crippen molar-refractivity contribution in [3.8, 4) is 0 Å². The number of piperidine rings is 2. The van der Waals surface area contributed by atoms with Crippen LogP contribution in [-0.2, 0) is 71.1 Å². The highest BCUT2D eigenvalue weighted by Gasteiger charge is 2.52. The van der Waals surface area contributed by atoms with Gasteiger partial charge in [0, 0.05) is 113 Å². The molecule has 0 unspecified atom stereocenters. The number of aromatic nitrogens is 11. The predicted octanol–water partition coefficient (Wildman–Crippen LogP) is 17.1. The molecule has 9 aliphatic heterocycles. The highest BCUT2D eigenvalue weighted by atomic mass is 19.1. The molecule has 24 nitrogen and oxygen atoms in total. The molecule has 5 atom stereocenters.